The third-order valence-corrected chi connectivity index (χ3v) is 7.15. The van der Waals surface area contributed by atoms with Gasteiger partial charge in [-0.1, -0.05) is 29.8 Å². The number of hydrogen-bond donors (Lipinski definition) is 3. The molecule has 216 valence electrons. The first kappa shape index (κ1) is 30.5. The molecule has 4 aromatic rings. The monoisotopic (exact) mass is 613 g/mol. The van der Waals surface area contributed by atoms with E-state index in [0.29, 0.717) is 21.9 Å². The molecule has 7 nitrogen and oxygen atoms in total. The first-order valence-corrected chi connectivity index (χ1v) is 13.6. The molecular formula is C30H23ClF3N3O4S. The van der Waals surface area contributed by atoms with Crippen LogP contribution >= 0.6 is 23.4 Å². The summed E-state index contributed by atoms with van der Waals surface area (Å²) in [5, 5.41) is 7.05. The number of carbonyl (C=O) groups is 3. The number of halogens is 4. The zero-order valence-corrected chi connectivity index (χ0v) is 23.4. The summed E-state index contributed by atoms with van der Waals surface area (Å²) >= 11 is 7.14. The van der Waals surface area contributed by atoms with Gasteiger partial charge >= 0.3 is 6.18 Å². The molecule has 3 amide bonds. The fraction of sp³-hybridized carbons (Fsp3) is 0.100. The maximum Gasteiger partial charge on any atom is 0.416 e. The molecule has 0 aliphatic heterocycles. The van der Waals surface area contributed by atoms with Crippen LogP contribution in [0.1, 0.15) is 28.6 Å². The highest BCUT2D eigenvalue weighted by Crippen LogP contribution is 2.34. The Morgan fingerprint density at radius 1 is 0.929 bits per heavy atom. The van der Waals surface area contributed by atoms with Crippen LogP contribution < -0.4 is 16.0 Å². The van der Waals surface area contributed by atoms with Gasteiger partial charge in [-0.2, -0.15) is 13.2 Å². The fourth-order valence-electron chi connectivity index (χ4n) is 3.56. The smallest absolute Gasteiger partial charge is 0.416 e. The van der Waals surface area contributed by atoms with E-state index in [1.807, 2.05) is 0 Å². The number of benzene rings is 3. The molecule has 0 spiro atoms. The first-order chi connectivity index (χ1) is 20.0. The van der Waals surface area contributed by atoms with Crippen molar-refractivity contribution in [1.82, 2.24) is 5.32 Å². The first-order valence-electron chi connectivity index (χ1n) is 12.4. The molecule has 4 rings (SSSR count). The third-order valence-electron chi connectivity index (χ3n) is 5.70. The molecule has 0 fully saturated rings. The largest absolute Gasteiger partial charge is 0.465 e. The Balaban J connectivity index is 1.40. The Morgan fingerprint density at radius 2 is 1.64 bits per heavy atom. The van der Waals surface area contributed by atoms with E-state index >= 15 is 0 Å². The number of furan rings is 1. The summed E-state index contributed by atoms with van der Waals surface area (Å²) in [6, 6.07) is 20.9. The number of carbonyl (C=O) groups excluding carboxylic acids is 3. The second kappa shape index (κ2) is 13.5. The van der Waals surface area contributed by atoms with Crippen molar-refractivity contribution in [1.29, 1.82) is 0 Å². The summed E-state index contributed by atoms with van der Waals surface area (Å²) < 4.78 is 44.4. The van der Waals surface area contributed by atoms with E-state index in [2.05, 4.69) is 16.0 Å². The number of rotatable bonds is 9. The van der Waals surface area contributed by atoms with Crippen LogP contribution in [0.25, 0.3) is 6.08 Å². The predicted octanol–water partition coefficient (Wildman–Crippen LogP) is 7.48. The van der Waals surface area contributed by atoms with Gasteiger partial charge in [0.1, 0.15) is 11.5 Å². The fourth-order valence-corrected chi connectivity index (χ4v) is 4.59. The standard InChI is InChI=1S/C30H23ClF3N3O4S/c1-18(27(38)36-25-16-20(30(32,33)34)9-14-24(25)31)42-23-12-10-21(11-13-23)35-29(40)26(17-22-8-5-15-41-22)37-28(39)19-6-3-2-4-7-19/h2-18H,1H3,(H,35,40)(H,36,38)(H,37,39)/b26-17-. The van der Waals surface area contributed by atoms with Crippen molar-refractivity contribution in [2.45, 2.75) is 23.2 Å². The van der Waals surface area contributed by atoms with Gasteiger partial charge in [0, 0.05) is 22.2 Å². The summed E-state index contributed by atoms with van der Waals surface area (Å²) in [5.74, 6) is -1.25. The van der Waals surface area contributed by atoms with E-state index in [4.69, 9.17) is 16.0 Å². The molecule has 0 radical (unpaired) electrons. The van der Waals surface area contributed by atoms with Crippen LogP contribution in [0, 0.1) is 0 Å². The SMILES string of the molecule is CC(Sc1ccc(NC(=O)/C(=C/c2ccco2)NC(=O)c2ccccc2)cc1)C(=O)Nc1cc(C(F)(F)F)ccc1Cl. The van der Waals surface area contributed by atoms with E-state index < -0.39 is 34.7 Å². The summed E-state index contributed by atoms with van der Waals surface area (Å²) in [6.07, 6.45) is -1.74. The zero-order chi connectivity index (χ0) is 30.3. The molecule has 42 heavy (non-hydrogen) atoms. The molecule has 1 unspecified atom stereocenters. The lowest BCUT2D eigenvalue weighted by Gasteiger charge is -2.15. The average molecular weight is 614 g/mol. The number of amides is 3. The predicted molar refractivity (Wildman–Crippen MR) is 156 cm³/mol. The minimum atomic E-state index is -4.58. The van der Waals surface area contributed by atoms with Crippen LogP contribution in [0.5, 0.6) is 0 Å². The number of hydrogen-bond acceptors (Lipinski definition) is 5. The molecule has 12 heteroatoms. The van der Waals surface area contributed by atoms with Gasteiger partial charge in [-0.15, -0.1) is 11.8 Å². The van der Waals surface area contributed by atoms with E-state index in [-0.39, 0.29) is 16.4 Å². The molecule has 0 saturated carbocycles. The molecule has 1 heterocycles. The van der Waals surface area contributed by atoms with Crippen LogP contribution in [0.4, 0.5) is 24.5 Å². The Labute approximate surface area is 248 Å². The molecule has 0 saturated heterocycles. The van der Waals surface area contributed by atoms with Crippen molar-refractivity contribution in [2.24, 2.45) is 0 Å². The highest BCUT2D eigenvalue weighted by molar-refractivity contribution is 8.00. The van der Waals surface area contributed by atoms with Crippen molar-refractivity contribution in [3.8, 4) is 0 Å². The summed E-state index contributed by atoms with van der Waals surface area (Å²) in [4.78, 5) is 39.1. The van der Waals surface area contributed by atoms with Crippen LogP contribution in [-0.4, -0.2) is 23.0 Å². The second-order valence-electron chi connectivity index (χ2n) is 8.81. The average Bonchev–Trinajstić information content (AvgIpc) is 3.48. The van der Waals surface area contributed by atoms with Gasteiger partial charge in [-0.25, -0.2) is 0 Å². The van der Waals surface area contributed by atoms with Gasteiger partial charge in [0.2, 0.25) is 5.91 Å². The minimum Gasteiger partial charge on any atom is -0.465 e. The second-order valence-corrected chi connectivity index (χ2v) is 10.6. The van der Waals surface area contributed by atoms with Crippen molar-refractivity contribution in [2.75, 3.05) is 10.6 Å². The van der Waals surface area contributed by atoms with Gasteiger partial charge < -0.3 is 20.4 Å². The van der Waals surface area contributed by atoms with Crippen LogP contribution in [0.3, 0.4) is 0 Å². The molecule has 0 aliphatic carbocycles. The topological polar surface area (TPSA) is 100 Å². The van der Waals surface area contributed by atoms with Gasteiger partial charge in [0.15, 0.2) is 0 Å². The normalized spacial score (nSPS) is 12.4. The van der Waals surface area contributed by atoms with Crippen LogP contribution in [0.15, 0.2) is 106 Å². The number of anilines is 2. The molecule has 3 N–H and O–H groups in total. The molecule has 1 atom stereocenters. The van der Waals surface area contributed by atoms with Crippen LogP contribution in [0.2, 0.25) is 5.02 Å². The van der Waals surface area contributed by atoms with Crippen LogP contribution in [-0.2, 0) is 15.8 Å². The van der Waals surface area contributed by atoms with E-state index in [0.717, 1.165) is 30.0 Å². The molecule has 1 aromatic heterocycles. The number of alkyl halides is 3. The highest BCUT2D eigenvalue weighted by Gasteiger charge is 2.31. The molecule has 3 aromatic carbocycles. The Morgan fingerprint density at radius 3 is 2.29 bits per heavy atom. The third kappa shape index (κ3) is 8.27. The maximum atomic E-state index is 13.1. The van der Waals surface area contributed by atoms with E-state index in [1.165, 1.54) is 12.3 Å². The zero-order valence-electron chi connectivity index (χ0n) is 21.9. The van der Waals surface area contributed by atoms with Crippen molar-refractivity contribution < 1.29 is 32.0 Å². The lowest BCUT2D eigenvalue weighted by atomic mass is 10.2. The van der Waals surface area contributed by atoms with Crippen molar-refractivity contribution in [3.63, 3.8) is 0 Å². The summed E-state index contributed by atoms with van der Waals surface area (Å²) in [7, 11) is 0. The maximum absolute atomic E-state index is 13.1. The Hall–Kier alpha value is -4.48. The molecule has 0 aliphatic rings. The van der Waals surface area contributed by atoms with E-state index in [1.54, 1.807) is 73.7 Å². The lowest BCUT2D eigenvalue weighted by Crippen LogP contribution is -2.30. The number of nitrogens with one attached hydrogen (secondary N) is 3. The number of thioether (sulfide) groups is 1. The van der Waals surface area contributed by atoms with E-state index in [9.17, 15) is 27.6 Å². The summed E-state index contributed by atoms with van der Waals surface area (Å²) in [5.41, 5.74) is -0.334. The minimum absolute atomic E-state index is 0.0194. The van der Waals surface area contributed by atoms with Crippen molar-refractivity contribution >= 4 is 58.5 Å². The molecular weight excluding hydrogens is 591 g/mol. The van der Waals surface area contributed by atoms with Gasteiger partial charge in [-0.05, 0) is 73.7 Å². The molecule has 0 bridgehead atoms. The van der Waals surface area contributed by atoms with Gasteiger partial charge in [0.25, 0.3) is 11.8 Å². The Bertz CT molecular complexity index is 1590. The van der Waals surface area contributed by atoms with Gasteiger partial charge in [0.05, 0.1) is 27.8 Å². The highest BCUT2D eigenvalue weighted by atomic mass is 35.5. The quantitative estimate of drug-likeness (QED) is 0.134. The lowest BCUT2D eigenvalue weighted by molar-refractivity contribution is -0.137. The Kier molecular flexibility index (Phi) is 9.76. The van der Waals surface area contributed by atoms with Crippen molar-refractivity contribution in [3.05, 3.63) is 119 Å². The van der Waals surface area contributed by atoms with Gasteiger partial charge in [-0.3, -0.25) is 14.4 Å². The summed E-state index contributed by atoms with van der Waals surface area (Å²) in [6.45, 7) is 1.60.